The number of rotatable bonds is 5. The molecule has 0 spiro atoms. The summed E-state index contributed by atoms with van der Waals surface area (Å²) in [6.45, 7) is 0.255. The number of nitrogens with zero attached hydrogens (tertiary/aromatic N) is 3. The van der Waals surface area contributed by atoms with E-state index in [4.69, 9.17) is 5.11 Å². The van der Waals surface area contributed by atoms with Crippen molar-refractivity contribution < 1.29 is 23.1 Å². The lowest BCUT2D eigenvalue weighted by Gasteiger charge is -2.21. The fourth-order valence-electron chi connectivity index (χ4n) is 2.61. The standard InChI is InChI=1S/C17H15F3N4O2/c18-17(19,20)15(12-2-1-5-21-9-12)23-16(26)11-3-4-14-13(8-11)22-10-24(14)6-7-25/h1-5,8-10,15,25H,6-7H2,(H,23,26). The van der Waals surface area contributed by atoms with Gasteiger partial charge >= 0.3 is 6.18 Å². The Balaban J connectivity index is 1.87. The minimum atomic E-state index is -4.66. The maximum absolute atomic E-state index is 13.3. The molecule has 0 aliphatic rings. The number of amides is 1. The number of hydrogen-bond donors (Lipinski definition) is 2. The maximum atomic E-state index is 13.3. The van der Waals surface area contributed by atoms with Crippen LogP contribution in [0.2, 0.25) is 0 Å². The summed E-state index contributed by atoms with van der Waals surface area (Å²) in [6.07, 6.45) is -0.740. The third-order valence-electron chi connectivity index (χ3n) is 3.84. The van der Waals surface area contributed by atoms with Gasteiger partial charge in [-0.25, -0.2) is 4.98 Å². The van der Waals surface area contributed by atoms with Gasteiger partial charge in [-0.3, -0.25) is 9.78 Å². The predicted octanol–water partition coefficient (Wildman–Crippen LogP) is 2.46. The zero-order valence-electron chi connectivity index (χ0n) is 13.4. The SMILES string of the molecule is O=C(NC(c1cccnc1)C(F)(F)F)c1ccc2c(c1)ncn2CCO. The van der Waals surface area contributed by atoms with E-state index < -0.39 is 18.1 Å². The van der Waals surface area contributed by atoms with Crippen molar-refractivity contribution in [1.82, 2.24) is 19.9 Å². The molecule has 0 fully saturated rings. The molecule has 26 heavy (non-hydrogen) atoms. The van der Waals surface area contributed by atoms with E-state index >= 15 is 0 Å². The Hall–Kier alpha value is -2.94. The second kappa shape index (κ2) is 7.12. The van der Waals surface area contributed by atoms with Gasteiger partial charge in [0.2, 0.25) is 0 Å². The number of aromatic nitrogens is 3. The van der Waals surface area contributed by atoms with Crippen LogP contribution in [0, 0.1) is 0 Å². The monoisotopic (exact) mass is 364 g/mol. The average Bonchev–Trinajstić information content (AvgIpc) is 3.02. The fourth-order valence-corrected chi connectivity index (χ4v) is 2.61. The fraction of sp³-hybridized carbons (Fsp3) is 0.235. The van der Waals surface area contributed by atoms with Crippen molar-refractivity contribution in [2.75, 3.05) is 6.61 Å². The summed E-state index contributed by atoms with van der Waals surface area (Å²) >= 11 is 0. The molecule has 1 aromatic carbocycles. The molecule has 2 aromatic heterocycles. The summed E-state index contributed by atoms with van der Waals surface area (Å²) in [4.78, 5) is 20.1. The molecule has 1 amide bonds. The number of carbonyl (C=O) groups is 1. The molecular formula is C17H15F3N4O2. The van der Waals surface area contributed by atoms with E-state index in [1.54, 1.807) is 10.6 Å². The van der Waals surface area contributed by atoms with Crippen molar-refractivity contribution in [3.8, 4) is 0 Å². The van der Waals surface area contributed by atoms with Crippen molar-refractivity contribution in [2.24, 2.45) is 0 Å². The predicted molar refractivity (Wildman–Crippen MR) is 87.3 cm³/mol. The summed E-state index contributed by atoms with van der Waals surface area (Å²) in [5, 5.41) is 11.0. The summed E-state index contributed by atoms with van der Waals surface area (Å²) in [5.74, 6) is -0.866. The van der Waals surface area contributed by atoms with Gasteiger partial charge in [0, 0.05) is 30.1 Å². The van der Waals surface area contributed by atoms with Crippen LogP contribution < -0.4 is 5.32 Å². The van der Waals surface area contributed by atoms with Gasteiger partial charge in [0.25, 0.3) is 5.91 Å². The Kier molecular flexibility index (Phi) is 4.90. The highest BCUT2D eigenvalue weighted by atomic mass is 19.4. The minimum absolute atomic E-state index is 0.0601. The van der Waals surface area contributed by atoms with Crippen molar-refractivity contribution in [3.63, 3.8) is 0 Å². The van der Waals surface area contributed by atoms with Crippen LogP contribution in [0.4, 0.5) is 13.2 Å². The number of imidazole rings is 1. The van der Waals surface area contributed by atoms with Crippen LogP contribution in [-0.2, 0) is 6.54 Å². The summed E-state index contributed by atoms with van der Waals surface area (Å²) in [6, 6.07) is 4.88. The highest BCUT2D eigenvalue weighted by Crippen LogP contribution is 2.32. The van der Waals surface area contributed by atoms with Gasteiger partial charge in [0.15, 0.2) is 6.04 Å². The quantitative estimate of drug-likeness (QED) is 0.729. The zero-order valence-corrected chi connectivity index (χ0v) is 13.4. The van der Waals surface area contributed by atoms with Crippen LogP contribution >= 0.6 is 0 Å². The summed E-state index contributed by atoms with van der Waals surface area (Å²) in [5.41, 5.74) is 1.04. The van der Waals surface area contributed by atoms with Crippen LogP contribution in [-0.4, -0.2) is 38.3 Å². The highest BCUT2D eigenvalue weighted by molar-refractivity contribution is 5.97. The molecule has 1 unspecified atom stereocenters. The van der Waals surface area contributed by atoms with Crippen molar-refractivity contribution in [3.05, 3.63) is 60.2 Å². The number of fused-ring (bicyclic) bond motifs is 1. The lowest BCUT2D eigenvalue weighted by atomic mass is 10.1. The van der Waals surface area contributed by atoms with E-state index in [0.29, 0.717) is 17.6 Å². The lowest BCUT2D eigenvalue weighted by Crippen LogP contribution is -2.38. The molecule has 136 valence electrons. The molecule has 6 nitrogen and oxygen atoms in total. The Labute approximate surface area is 146 Å². The maximum Gasteiger partial charge on any atom is 0.412 e. The molecule has 0 aliphatic heterocycles. The number of nitrogens with one attached hydrogen (secondary N) is 1. The van der Waals surface area contributed by atoms with Crippen LogP contribution in [0.5, 0.6) is 0 Å². The first-order valence-corrected chi connectivity index (χ1v) is 7.73. The number of aliphatic hydroxyl groups excluding tert-OH is 1. The van der Waals surface area contributed by atoms with E-state index in [9.17, 15) is 18.0 Å². The minimum Gasteiger partial charge on any atom is -0.395 e. The number of alkyl halides is 3. The molecule has 3 rings (SSSR count). The van der Waals surface area contributed by atoms with E-state index in [1.807, 2.05) is 5.32 Å². The topological polar surface area (TPSA) is 80.0 Å². The summed E-state index contributed by atoms with van der Waals surface area (Å²) < 4.78 is 41.7. The van der Waals surface area contributed by atoms with E-state index in [-0.39, 0.29) is 17.7 Å². The number of benzene rings is 1. The van der Waals surface area contributed by atoms with Gasteiger partial charge < -0.3 is 15.0 Å². The van der Waals surface area contributed by atoms with Crippen LogP contribution in [0.1, 0.15) is 22.0 Å². The van der Waals surface area contributed by atoms with Gasteiger partial charge in [-0.1, -0.05) is 6.07 Å². The molecule has 2 heterocycles. The number of hydrogen-bond acceptors (Lipinski definition) is 4. The molecule has 1 atom stereocenters. The zero-order chi connectivity index (χ0) is 18.7. The van der Waals surface area contributed by atoms with Crippen LogP contribution in [0.25, 0.3) is 11.0 Å². The smallest absolute Gasteiger partial charge is 0.395 e. The number of pyridine rings is 1. The number of halogens is 3. The van der Waals surface area contributed by atoms with Gasteiger partial charge in [-0.05, 0) is 24.3 Å². The molecule has 9 heteroatoms. The van der Waals surface area contributed by atoms with Crippen LogP contribution in [0.15, 0.2) is 49.1 Å². The normalized spacial score (nSPS) is 12.9. The second-order valence-electron chi connectivity index (χ2n) is 5.60. The lowest BCUT2D eigenvalue weighted by molar-refractivity contribution is -0.155. The first kappa shape index (κ1) is 17.9. The molecule has 3 aromatic rings. The van der Waals surface area contributed by atoms with Crippen LogP contribution in [0.3, 0.4) is 0 Å². The summed E-state index contributed by atoms with van der Waals surface area (Å²) in [7, 11) is 0. The van der Waals surface area contributed by atoms with Gasteiger partial charge in [-0.2, -0.15) is 13.2 Å². The molecule has 0 radical (unpaired) electrons. The van der Waals surface area contributed by atoms with Gasteiger partial charge in [0.1, 0.15) is 0 Å². The first-order valence-electron chi connectivity index (χ1n) is 7.73. The molecule has 0 saturated carbocycles. The Morgan fingerprint density at radius 3 is 2.77 bits per heavy atom. The van der Waals surface area contributed by atoms with Crippen molar-refractivity contribution >= 4 is 16.9 Å². The van der Waals surface area contributed by atoms with E-state index in [0.717, 1.165) is 6.20 Å². The van der Waals surface area contributed by atoms with Crippen molar-refractivity contribution in [2.45, 2.75) is 18.8 Å². The first-order chi connectivity index (χ1) is 12.4. The Morgan fingerprint density at radius 1 is 1.31 bits per heavy atom. The van der Waals surface area contributed by atoms with Crippen molar-refractivity contribution in [1.29, 1.82) is 0 Å². The third-order valence-corrected chi connectivity index (χ3v) is 3.84. The van der Waals surface area contributed by atoms with E-state index in [2.05, 4.69) is 9.97 Å². The molecule has 0 aliphatic carbocycles. The Morgan fingerprint density at radius 2 is 2.12 bits per heavy atom. The number of carbonyl (C=O) groups excluding carboxylic acids is 1. The molecular weight excluding hydrogens is 349 g/mol. The number of aliphatic hydroxyl groups is 1. The Bertz CT molecular complexity index is 909. The largest absolute Gasteiger partial charge is 0.412 e. The molecule has 0 bridgehead atoms. The molecule has 0 saturated heterocycles. The third kappa shape index (κ3) is 3.67. The highest BCUT2D eigenvalue weighted by Gasteiger charge is 2.42. The van der Waals surface area contributed by atoms with Gasteiger partial charge in [-0.15, -0.1) is 0 Å². The second-order valence-corrected chi connectivity index (χ2v) is 5.60. The average molecular weight is 364 g/mol. The molecule has 2 N–H and O–H groups in total. The van der Waals surface area contributed by atoms with E-state index in [1.165, 1.54) is 36.8 Å². The van der Waals surface area contributed by atoms with Gasteiger partial charge in [0.05, 0.1) is 24.0 Å².